The minimum atomic E-state index is 0.351. The molecule has 19 heavy (non-hydrogen) atoms. The van der Waals surface area contributed by atoms with Crippen molar-refractivity contribution in [3.8, 4) is 0 Å². The molecule has 0 amide bonds. The van der Waals surface area contributed by atoms with E-state index in [4.69, 9.17) is 21.3 Å². The van der Waals surface area contributed by atoms with Crippen molar-refractivity contribution < 1.29 is 4.74 Å². The number of ether oxygens (including phenoxy) is 1. The number of fused-ring (bicyclic) bond motifs is 1. The first-order valence-electron chi connectivity index (χ1n) is 6.38. The first kappa shape index (κ1) is 14.8. The number of hydrogen-bond acceptors (Lipinski definition) is 2. The van der Waals surface area contributed by atoms with Crippen molar-refractivity contribution in [3.05, 3.63) is 28.5 Å². The third-order valence-corrected chi connectivity index (χ3v) is 3.91. The summed E-state index contributed by atoms with van der Waals surface area (Å²) in [6, 6.07) is 6.55. The molecule has 2 rings (SSSR count). The van der Waals surface area contributed by atoms with Gasteiger partial charge in [-0.1, -0.05) is 15.9 Å². The molecule has 0 fully saturated rings. The van der Waals surface area contributed by atoms with Gasteiger partial charge in [0.05, 0.1) is 11.0 Å². The molecule has 1 aromatic heterocycles. The number of imidazole rings is 1. The van der Waals surface area contributed by atoms with E-state index in [0.29, 0.717) is 11.9 Å². The topological polar surface area (TPSA) is 27.1 Å². The highest BCUT2D eigenvalue weighted by molar-refractivity contribution is 9.10. The average molecular weight is 346 g/mol. The van der Waals surface area contributed by atoms with Gasteiger partial charge in [0.1, 0.15) is 5.82 Å². The van der Waals surface area contributed by atoms with Crippen molar-refractivity contribution in [2.75, 3.05) is 19.6 Å². The molecule has 0 N–H and O–H groups in total. The van der Waals surface area contributed by atoms with Crippen LogP contribution >= 0.6 is 27.5 Å². The van der Waals surface area contributed by atoms with Crippen LogP contribution in [-0.2, 0) is 11.2 Å². The molecule has 2 aromatic rings. The van der Waals surface area contributed by atoms with Crippen LogP contribution in [-0.4, -0.2) is 29.1 Å². The van der Waals surface area contributed by atoms with Gasteiger partial charge in [0.25, 0.3) is 0 Å². The predicted octanol–water partition coefficient (Wildman–Crippen LogP) is 4.18. The maximum absolute atomic E-state index is 5.89. The van der Waals surface area contributed by atoms with Crippen LogP contribution in [0.4, 0.5) is 0 Å². The Kier molecular flexibility index (Phi) is 5.25. The number of benzene rings is 1. The zero-order chi connectivity index (χ0) is 13.8. The third-order valence-electron chi connectivity index (χ3n) is 3.22. The van der Waals surface area contributed by atoms with E-state index < -0.39 is 0 Å². The molecule has 1 heterocycles. The van der Waals surface area contributed by atoms with E-state index in [1.807, 2.05) is 12.1 Å². The fraction of sp³-hybridized carbons (Fsp3) is 0.500. The van der Waals surface area contributed by atoms with Crippen molar-refractivity contribution in [3.63, 3.8) is 0 Å². The van der Waals surface area contributed by atoms with Crippen molar-refractivity contribution in [2.24, 2.45) is 0 Å². The number of nitrogens with zero attached hydrogens (tertiary/aromatic N) is 2. The van der Waals surface area contributed by atoms with Gasteiger partial charge in [-0.15, -0.1) is 11.6 Å². The largest absolute Gasteiger partial charge is 0.385 e. The monoisotopic (exact) mass is 344 g/mol. The van der Waals surface area contributed by atoms with Crippen LogP contribution in [0.25, 0.3) is 11.0 Å². The van der Waals surface area contributed by atoms with Gasteiger partial charge in [-0.25, -0.2) is 4.98 Å². The Bertz CT molecular complexity index is 556. The molecule has 0 saturated carbocycles. The van der Waals surface area contributed by atoms with Gasteiger partial charge in [-0.05, 0) is 31.5 Å². The Morgan fingerprint density at radius 2 is 2.26 bits per heavy atom. The molecule has 3 nitrogen and oxygen atoms in total. The fourth-order valence-corrected chi connectivity index (χ4v) is 2.81. The number of aromatic nitrogens is 2. The van der Waals surface area contributed by atoms with Crippen LogP contribution < -0.4 is 0 Å². The number of aryl methyl sites for hydroxylation is 1. The molecular formula is C14H18BrClN2O. The second-order valence-corrected chi connectivity index (χ2v) is 5.89. The molecule has 1 atom stereocenters. The van der Waals surface area contributed by atoms with Crippen LogP contribution in [0.1, 0.15) is 25.2 Å². The van der Waals surface area contributed by atoms with Gasteiger partial charge in [-0.2, -0.15) is 0 Å². The van der Waals surface area contributed by atoms with Gasteiger partial charge in [0, 0.05) is 36.5 Å². The Morgan fingerprint density at radius 3 is 2.95 bits per heavy atom. The van der Waals surface area contributed by atoms with E-state index in [9.17, 15) is 0 Å². The Balaban J connectivity index is 2.45. The van der Waals surface area contributed by atoms with E-state index in [2.05, 4.69) is 33.5 Å². The predicted molar refractivity (Wildman–Crippen MR) is 83.1 cm³/mol. The molecule has 1 aromatic carbocycles. The van der Waals surface area contributed by atoms with Crippen LogP contribution in [0.15, 0.2) is 22.7 Å². The molecule has 0 spiro atoms. The maximum Gasteiger partial charge on any atom is 0.111 e. The van der Waals surface area contributed by atoms with Gasteiger partial charge in [0.2, 0.25) is 0 Å². The number of rotatable bonds is 6. The third kappa shape index (κ3) is 3.30. The summed E-state index contributed by atoms with van der Waals surface area (Å²) in [5.41, 5.74) is 2.17. The molecular weight excluding hydrogens is 328 g/mol. The van der Waals surface area contributed by atoms with Crippen LogP contribution in [0.3, 0.4) is 0 Å². The highest BCUT2D eigenvalue weighted by atomic mass is 79.9. The van der Waals surface area contributed by atoms with Crippen LogP contribution in [0.2, 0.25) is 0 Å². The lowest BCUT2D eigenvalue weighted by Crippen LogP contribution is -2.12. The van der Waals surface area contributed by atoms with Crippen molar-refractivity contribution in [1.29, 1.82) is 0 Å². The van der Waals surface area contributed by atoms with Crippen LogP contribution in [0, 0.1) is 0 Å². The van der Waals surface area contributed by atoms with E-state index in [-0.39, 0.29) is 0 Å². The number of methoxy groups -OCH3 is 1. The zero-order valence-electron chi connectivity index (χ0n) is 11.2. The first-order valence-corrected chi connectivity index (χ1v) is 7.71. The second-order valence-electron chi connectivity index (χ2n) is 4.60. The summed E-state index contributed by atoms with van der Waals surface area (Å²) in [6.07, 6.45) is 1.75. The zero-order valence-corrected chi connectivity index (χ0v) is 13.5. The Morgan fingerprint density at radius 1 is 1.47 bits per heavy atom. The molecule has 5 heteroatoms. The normalized spacial score (nSPS) is 13.1. The number of halogens is 2. The smallest absolute Gasteiger partial charge is 0.111 e. The number of hydrogen-bond donors (Lipinski definition) is 0. The SMILES string of the molecule is COCCC(C)n1c(CCCl)nc2cc(Br)ccc21. The molecule has 0 radical (unpaired) electrons. The number of alkyl halides is 1. The van der Waals surface area contributed by atoms with Gasteiger partial charge < -0.3 is 9.30 Å². The highest BCUT2D eigenvalue weighted by Gasteiger charge is 2.15. The van der Waals surface area contributed by atoms with Crippen molar-refractivity contribution in [1.82, 2.24) is 9.55 Å². The summed E-state index contributed by atoms with van der Waals surface area (Å²) < 4.78 is 8.50. The van der Waals surface area contributed by atoms with Crippen molar-refractivity contribution in [2.45, 2.75) is 25.8 Å². The van der Waals surface area contributed by atoms with Gasteiger partial charge in [0.15, 0.2) is 0 Å². The highest BCUT2D eigenvalue weighted by Crippen LogP contribution is 2.26. The molecule has 0 saturated heterocycles. The lowest BCUT2D eigenvalue weighted by Gasteiger charge is -2.17. The van der Waals surface area contributed by atoms with E-state index >= 15 is 0 Å². The standard InChI is InChI=1S/C14H18BrClN2O/c1-10(6-8-19-2)18-13-4-3-11(15)9-12(13)17-14(18)5-7-16/h3-4,9-10H,5-8H2,1-2H3. The fourth-order valence-electron chi connectivity index (χ4n) is 2.29. The summed E-state index contributed by atoms with van der Waals surface area (Å²) in [4.78, 5) is 4.70. The summed E-state index contributed by atoms with van der Waals surface area (Å²) in [5, 5.41) is 0. The molecule has 0 bridgehead atoms. The van der Waals surface area contributed by atoms with E-state index in [0.717, 1.165) is 40.8 Å². The molecule has 0 aliphatic carbocycles. The second kappa shape index (κ2) is 6.73. The van der Waals surface area contributed by atoms with E-state index in [1.54, 1.807) is 7.11 Å². The minimum absolute atomic E-state index is 0.351. The molecule has 0 aliphatic rings. The Labute approximate surface area is 127 Å². The first-order chi connectivity index (χ1) is 9.17. The Hall–Kier alpha value is -0.580. The van der Waals surface area contributed by atoms with E-state index in [1.165, 1.54) is 0 Å². The quantitative estimate of drug-likeness (QED) is 0.734. The molecule has 104 valence electrons. The van der Waals surface area contributed by atoms with Gasteiger partial charge in [-0.3, -0.25) is 0 Å². The van der Waals surface area contributed by atoms with Gasteiger partial charge >= 0.3 is 0 Å². The maximum atomic E-state index is 5.89. The summed E-state index contributed by atoms with van der Waals surface area (Å²) in [6.45, 7) is 2.94. The average Bonchev–Trinajstić information content (AvgIpc) is 2.73. The summed E-state index contributed by atoms with van der Waals surface area (Å²) in [7, 11) is 1.73. The van der Waals surface area contributed by atoms with Crippen LogP contribution in [0.5, 0.6) is 0 Å². The van der Waals surface area contributed by atoms with Crippen molar-refractivity contribution >= 4 is 38.6 Å². The summed E-state index contributed by atoms with van der Waals surface area (Å²) in [5.74, 6) is 1.63. The molecule has 1 unspecified atom stereocenters. The lowest BCUT2D eigenvalue weighted by molar-refractivity contribution is 0.181. The minimum Gasteiger partial charge on any atom is -0.385 e. The molecule has 0 aliphatic heterocycles. The lowest BCUT2D eigenvalue weighted by atomic mass is 10.2. The summed E-state index contributed by atoms with van der Waals surface area (Å²) >= 11 is 9.38.